The largest absolute Gasteiger partial charge is 0.316 e. The van der Waals surface area contributed by atoms with E-state index in [1.807, 2.05) is 0 Å². The van der Waals surface area contributed by atoms with Crippen LogP contribution in [0.3, 0.4) is 0 Å². The molecule has 1 saturated heterocycles. The number of aldehydes is 1. The van der Waals surface area contributed by atoms with E-state index in [0.29, 0.717) is 11.3 Å². The summed E-state index contributed by atoms with van der Waals surface area (Å²) in [4.78, 5) is 10.5. The fourth-order valence-electron chi connectivity index (χ4n) is 2.61. The Labute approximate surface area is 73.7 Å². The van der Waals surface area contributed by atoms with Crippen LogP contribution in [0.4, 0.5) is 0 Å². The van der Waals surface area contributed by atoms with E-state index >= 15 is 0 Å². The van der Waals surface area contributed by atoms with E-state index < -0.39 is 0 Å². The molecule has 1 aliphatic carbocycles. The van der Waals surface area contributed by atoms with Gasteiger partial charge in [0.25, 0.3) is 0 Å². The molecule has 12 heavy (non-hydrogen) atoms. The van der Waals surface area contributed by atoms with Crippen molar-refractivity contribution in [3.63, 3.8) is 0 Å². The Morgan fingerprint density at radius 1 is 1.25 bits per heavy atom. The Bertz CT molecular complexity index is 163. The summed E-state index contributed by atoms with van der Waals surface area (Å²) in [5.74, 6) is 0.372. The van der Waals surface area contributed by atoms with Gasteiger partial charge < -0.3 is 10.1 Å². The van der Waals surface area contributed by atoms with Gasteiger partial charge in [0.15, 0.2) is 0 Å². The van der Waals surface area contributed by atoms with Crippen LogP contribution >= 0.6 is 0 Å². The zero-order valence-electron chi connectivity index (χ0n) is 7.51. The molecule has 68 valence electrons. The Morgan fingerprint density at radius 2 is 2.00 bits per heavy atom. The van der Waals surface area contributed by atoms with E-state index in [9.17, 15) is 4.79 Å². The van der Waals surface area contributed by atoms with Gasteiger partial charge in [-0.05, 0) is 44.1 Å². The molecule has 1 aliphatic heterocycles. The zero-order chi connectivity index (χ0) is 8.44. The minimum atomic E-state index is 0.372. The summed E-state index contributed by atoms with van der Waals surface area (Å²) >= 11 is 0. The molecule has 0 aromatic rings. The molecule has 0 bridgehead atoms. The third-order valence-electron chi connectivity index (χ3n) is 3.62. The molecule has 1 spiro atoms. The standard InChI is InChI=1S/C10H17NO/c12-7-9-1-3-10(4-2-9)5-6-11-8-10/h7,9,11H,1-6,8H2. The lowest BCUT2D eigenvalue weighted by Gasteiger charge is -2.34. The highest BCUT2D eigenvalue weighted by Gasteiger charge is 2.37. The normalized spacial score (nSPS) is 41.8. The van der Waals surface area contributed by atoms with Gasteiger partial charge in [0, 0.05) is 12.5 Å². The summed E-state index contributed by atoms with van der Waals surface area (Å²) in [5, 5.41) is 3.43. The number of nitrogens with one attached hydrogen (secondary N) is 1. The second-order valence-corrected chi connectivity index (χ2v) is 4.40. The van der Waals surface area contributed by atoms with Gasteiger partial charge in [-0.15, -0.1) is 0 Å². The fourth-order valence-corrected chi connectivity index (χ4v) is 2.61. The molecule has 0 radical (unpaired) electrons. The summed E-state index contributed by atoms with van der Waals surface area (Å²) in [6.45, 7) is 2.38. The smallest absolute Gasteiger partial charge is 0.123 e. The van der Waals surface area contributed by atoms with Crippen molar-refractivity contribution in [1.82, 2.24) is 5.32 Å². The van der Waals surface area contributed by atoms with Crippen LogP contribution in [0.5, 0.6) is 0 Å². The van der Waals surface area contributed by atoms with Crippen molar-refractivity contribution < 1.29 is 4.79 Å². The van der Waals surface area contributed by atoms with Crippen LogP contribution in [0.15, 0.2) is 0 Å². The predicted molar refractivity (Wildman–Crippen MR) is 47.9 cm³/mol. The summed E-state index contributed by atoms with van der Waals surface area (Å²) in [7, 11) is 0. The first-order valence-electron chi connectivity index (χ1n) is 5.01. The maximum absolute atomic E-state index is 10.5. The van der Waals surface area contributed by atoms with Gasteiger partial charge in [-0.3, -0.25) is 0 Å². The lowest BCUT2D eigenvalue weighted by molar-refractivity contribution is -0.112. The molecule has 0 unspecified atom stereocenters. The molecule has 0 atom stereocenters. The fraction of sp³-hybridized carbons (Fsp3) is 0.900. The highest BCUT2D eigenvalue weighted by Crippen LogP contribution is 2.42. The molecule has 2 aliphatic rings. The molecule has 2 rings (SSSR count). The molecular weight excluding hydrogens is 150 g/mol. The topological polar surface area (TPSA) is 29.1 Å². The van der Waals surface area contributed by atoms with E-state index in [0.717, 1.165) is 19.1 Å². The summed E-state index contributed by atoms with van der Waals surface area (Å²) in [6, 6.07) is 0. The molecule has 0 aromatic carbocycles. The van der Waals surface area contributed by atoms with E-state index in [2.05, 4.69) is 5.32 Å². The average Bonchev–Trinajstić information content (AvgIpc) is 2.55. The second kappa shape index (κ2) is 3.17. The molecule has 2 nitrogen and oxygen atoms in total. The first-order chi connectivity index (χ1) is 5.85. The van der Waals surface area contributed by atoms with Crippen molar-refractivity contribution in [2.75, 3.05) is 13.1 Å². The van der Waals surface area contributed by atoms with Crippen molar-refractivity contribution in [1.29, 1.82) is 0 Å². The van der Waals surface area contributed by atoms with Crippen LogP contribution in [-0.2, 0) is 4.79 Å². The highest BCUT2D eigenvalue weighted by molar-refractivity contribution is 5.53. The first kappa shape index (κ1) is 8.24. The number of hydrogen-bond acceptors (Lipinski definition) is 2. The van der Waals surface area contributed by atoms with E-state index in [1.165, 1.54) is 32.4 Å². The Morgan fingerprint density at radius 3 is 2.50 bits per heavy atom. The molecule has 1 heterocycles. The Balaban J connectivity index is 1.92. The monoisotopic (exact) mass is 167 g/mol. The third-order valence-corrected chi connectivity index (χ3v) is 3.62. The number of hydrogen-bond donors (Lipinski definition) is 1. The quantitative estimate of drug-likeness (QED) is 0.597. The number of carbonyl (C=O) groups excluding carboxylic acids is 1. The maximum Gasteiger partial charge on any atom is 0.123 e. The SMILES string of the molecule is O=CC1CCC2(CCNC2)CC1. The average molecular weight is 167 g/mol. The molecule has 1 saturated carbocycles. The molecule has 0 aromatic heterocycles. The van der Waals surface area contributed by atoms with Gasteiger partial charge in [0.05, 0.1) is 0 Å². The molecule has 2 fully saturated rings. The number of rotatable bonds is 1. The molecule has 2 heteroatoms. The van der Waals surface area contributed by atoms with Gasteiger partial charge in [-0.1, -0.05) is 0 Å². The van der Waals surface area contributed by atoms with Gasteiger partial charge in [-0.25, -0.2) is 0 Å². The van der Waals surface area contributed by atoms with Gasteiger partial charge in [0.1, 0.15) is 6.29 Å². The zero-order valence-corrected chi connectivity index (χ0v) is 7.51. The Hall–Kier alpha value is -0.370. The Kier molecular flexibility index (Phi) is 2.18. The van der Waals surface area contributed by atoms with Crippen LogP contribution in [0.2, 0.25) is 0 Å². The lowest BCUT2D eigenvalue weighted by Crippen LogP contribution is -2.29. The van der Waals surface area contributed by atoms with Crippen LogP contribution in [0.25, 0.3) is 0 Å². The van der Waals surface area contributed by atoms with E-state index in [-0.39, 0.29) is 0 Å². The summed E-state index contributed by atoms with van der Waals surface area (Å²) < 4.78 is 0. The van der Waals surface area contributed by atoms with Crippen molar-refractivity contribution in [3.8, 4) is 0 Å². The van der Waals surface area contributed by atoms with E-state index in [1.54, 1.807) is 0 Å². The number of carbonyl (C=O) groups is 1. The van der Waals surface area contributed by atoms with Crippen LogP contribution in [0.1, 0.15) is 32.1 Å². The van der Waals surface area contributed by atoms with Crippen LogP contribution < -0.4 is 5.32 Å². The van der Waals surface area contributed by atoms with Crippen molar-refractivity contribution in [3.05, 3.63) is 0 Å². The maximum atomic E-state index is 10.5. The van der Waals surface area contributed by atoms with Crippen molar-refractivity contribution >= 4 is 6.29 Å². The van der Waals surface area contributed by atoms with Gasteiger partial charge in [-0.2, -0.15) is 0 Å². The molecule has 1 N–H and O–H groups in total. The highest BCUT2D eigenvalue weighted by atomic mass is 16.1. The summed E-state index contributed by atoms with van der Waals surface area (Å²) in [5.41, 5.74) is 0.583. The molecular formula is C10H17NO. The molecule has 0 amide bonds. The summed E-state index contributed by atoms with van der Waals surface area (Å²) in [6.07, 6.45) is 7.27. The van der Waals surface area contributed by atoms with Crippen molar-refractivity contribution in [2.24, 2.45) is 11.3 Å². The van der Waals surface area contributed by atoms with Crippen molar-refractivity contribution in [2.45, 2.75) is 32.1 Å². The first-order valence-corrected chi connectivity index (χ1v) is 5.01. The predicted octanol–water partition coefficient (Wildman–Crippen LogP) is 1.36. The third kappa shape index (κ3) is 1.40. The second-order valence-electron chi connectivity index (χ2n) is 4.40. The van der Waals surface area contributed by atoms with Crippen LogP contribution in [-0.4, -0.2) is 19.4 Å². The van der Waals surface area contributed by atoms with Gasteiger partial charge in [0.2, 0.25) is 0 Å². The van der Waals surface area contributed by atoms with Crippen LogP contribution in [0, 0.1) is 11.3 Å². The van der Waals surface area contributed by atoms with Gasteiger partial charge >= 0.3 is 0 Å². The minimum Gasteiger partial charge on any atom is -0.316 e. The minimum absolute atomic E-state index is 0.372. The van der Waals surface area contributed by atoms with E-state index in [4.69, 9.17) is 0 Å². The lowest BCUT2D eigenvalue weighted by atomic mass is 9.70.